The highest BCUT2D eigenvalue weighted by atomic mass is 32.1. The van der Waals surface area contributed by atoms with Gasteiger partial charge in [0.2, 0.25) is 0 Å². The number of hydrogen-bond acceptors (Lipinski definition) is 2. The Morgan fingerprint density at radius 3 is 2.67 bits per heavy atom. The molecule has 0 aromatic rings. The molecule has 54 valence electrons. The molecule has 1 nitrogen and oxygen atoms in total. The third-order valence-corrected chi connectivity index (χ3v) is 2.56. The summed E-state index contributed by atoms with van der Waals surface area (Å²) in [6, 6.07) is 0. The Morgan fingerprint density at radius 1 is 1.44 bits per heavy atom. The first-order valence-electron chi connectivity index (χ1n) is 3.71. The monoisotopic (exact) mass is 145 g/mol. The van der Waals surface area contributed by atoms with Gasteiger partial charge in [-0.15, -0.1) is 0 Å². The lowest BCUT2D eigenvalue weighted by Gasteiger charge is -2.24. The average Bonchev–Trinajstić information content (AvgIpc) is 1.88. The SMILES string of the molecule is NCC1CCCC(S)C1. The Labute approximate surface area is 62.4 Å². The Balaban J connectivity index is 2.23. The van der Waals surface area contributed by atoms with E-state index in [-0.39, 0.29) is 0 Å². The minimum atomic E-state index is 0.632. The smallest absolute Gasteiger partial charge is 0.00199 e. The molecule has 1 saturated carbocycles. The highest BCUT2D eigenvalue weighted by Crippen LogP contribution is 2.26. The summed E-state index contributed by atoms with van der Waals surface area (Å²) in [4.78, 5) is 0. The van der Waals surface area contributed by atoms with Gasteiger partial charge in [0.1, 0.15) is 0 Å². The summed E-state index contributed by atoms with van der Waals surface area (Å²) in [6.07, 6.45) is 5.18. The quantitative estimate of drug-likeness (QED) is 0.536. The third-order valence-electron chi connectivity index (χ3n) is 2.09. The molecule has 0 aliphatic heterocycles. The van der Waals surface area contributed by atoms with Crippen molar-refractivity contribution in [2.75, 3.05) is 6.54 Å². The van der Waals surface area contributed by atoms with Crippen LogP contribution < -0.4 is 5.73 Å². The zero-order valence-corrected chi connectivity index (χ0v) is 6.61. The highest BCUT2D eigenvalue weighted by Gasteiger charge is 2.17. The molecule has 0 aromatic heterocycles. The fourth-order valence-corrected chi connectivity index (χ4v) is 1.96. The van der Waals surface area contributed by atoms with Gasteiger partial charge < -0.3 is 5.73 Å². The zero-order valence-electron chi connectivity index (χ0n) is 5.71. The fourth-order valence-electron chi connectivity index (χ4n) is 1.48. The minimum Gasteiger partial charge on any atom is -0.330 e. The minimum absolute atomic E-state index is 0.632. The molecule has 2 unspecified atom stereocenters. The number of nitrogens with two attached hydrogens (primary N) is 1. The Bertz CT molecular complexity index is 85.0. The van der Waals surface area contributed by atoms with Crippen molar-refractivity contribution in [1.82, 2.24) is 0 Å². The van der Waals surface area contributed by atoms with Crippen LogP contribution in [0.25, 0.3) is 0 Å². The summed E-state index contributed by atoms with van der Waals surface area (Å²) in [6.45, 7) is 0.858. The van der Waals surface area contributed by atoms with E-state index in [0.717, 1.165) is 12.5 Å². The first-order valence-corrected chi connectivity index (χ1v) is 4.22. The number of rotatable bonds is 1. The van der Waals surface area contributed by atoms with Crippen LogP contribution in [0.5, 0.6) is 0 Å². The van der Waals surface area contributed by atoms with Crippen LogP contribution in [0, 0.1) is 5.92 Å². The molecule has 1 fully saturated rings. The lowest BCUT2D eigenvalue weighted by molar-refractivity contribution is 0.375. The van der Waals surface area contributed by atoms with Gasteiger partial charge in [0.15, 0.2) is 0 Å². The molecule has 0 aromatic carbocycles. The Kier molecular flexibility index (Phi) is 2.86. The summed E-state index contributed by atoms with van der Waals surface area (Å²) in [7, 11) is 0. The molecule has 1 aliphatic rings. The van der Waals surface area contributed by atoms with Crippen LogP contribution in [0.2, 0.25) is 0 Å². The molecule has 0 amide bonds. The van der Waals surface area contributed by atoms with Crippen molar-refractivity contribution in [2.24, 2.45) is 11.7 Å². The van der Waals surface area contributed by atoms with Crippen molar-refractivity contribution in [3.05, 3.63) is 0 Å². The van der Waals surface area contributed by atoms with Crippen LogP contribution in [0.4, 0.5) is 0 Å². The largest absolute Gasteiger partial charge is 0.330 e. The van der Waals surface area contributed by atoms with Gasteiger partial charge in [-0.3, -0.25) is 0 Å². The fraction of sp³-hybridized carbons (Fsp3) is 1.00. The summed E-state index contributed by atoms with van der Waals surface area (Å²) in [5.74, 6) is 0.765. The van der Waals surface area contributed by atoms with Crippen molar-refractivity contribution in [1.29, 1.82) is 0 Å². The molecule has 2 heteroatoms. The summed E-state index contributed by atoms with van der Waals surface area (Å²) >= 11 is 4.42. The van der Waals surface area contributed by atoms with E-state index in [0.29, 0.717) is 5.25 Å². The van der Waals surface area contributed by atoms with Crippen LogP contribution >= 0.6 is 12.6 Å². The summed E-state index contributed by atoms with van der Waals surface area (Å²) < 4.78 is 0. The molecule has 0 spiro atoms. The molecule has 1 aliphatic carbocycles. The van der Waals surface area contributed by atoms with E-state index in [2.05, 4.69) is 12.6 Å². The Hall–Kier alpha value is 0.310. The van der Waals surface area contributed by atoms with Crippen molar-refractivity contribution < 1.29 is 0 Å². The van der Waals surface area contributed by atoms with E-state index in [4.69, 9.17) is 5.73 Å². The third kappa shape index (κ3) is 2.18. The second-order valence-electron chi connectivity index (χ2n) is 2.92. The van der Waals surface area contributed by atoms with E-state index in [1.165, 1.54) is 25.7 Å². The lowest BCUT2D eigenvalue weighted by atomic mass is 9.89. The van der Waals surface area contributed by atoms with Gasteiger partial charge in [0.25, 0.3) is 0 Å². The maximum Gasteiger partial charge on any atom is 0.00199 e. The van der Waals surface area contributed by atoms with E-state index in [9.17, 15) is 0 Å². The van der Waals surface area contributed by atoms with Crippen molar-refractivity contribution >= 4 is 12.6 Å². The normalized spacial score (nSPS) is 36.7. The molecule has 2 atom stereocenters. The van der Waals surface area contributed by atoms with E-state index in [1.807, 2.05) is 0 Å². The van der Waals surface area contributed by atoms with Crippen LogP contribution in [-0.4, -0.2) is 11.8 Å². The first kappa shape index (κ1) is 7.42. The van der Waals surface area contributed by atoms with Gasteiger partial charge in [-0.25, -0.2) is 0 Å². The summed E-state index contributed by atoms with van der Waals surface area (Å²) in [5, 5.41) is 0.632. The summed E-state index contributed by atoms with van der Waals surface area (Å²) in [5.41, 5.74) is 5.53. The Morgan fingerprint density at radius 2 is 2.22 bits per heavy atom. The zero-order chi connectivity index (χ0) is 6.69. The average molecular weight is 145 g/mol. The van der Waals surface area contributed by atoms with Gasteiger partial charge >= 0.3 is 0 Å². The van der Waals surface area contributed by atoms with Gasteiger partial charge in [-0.05, 0) is 31.7 Å². The maximum atomic E-state index is 5.53. The molecular formula is C7H15NS. The molecule has 9 heavy (non-hydrogen) atoms. The predicted molar refractivity (Wildman–Crippen MR) is 43.8 cm³/mol. The molecule has 1 rings (SSSR count). The van der Waals surface area contributed by atoms with Gasteiger partial charge in [0, 0.05) is 5.25 Å². The van der Waals surface area contributed by atoms with Crippen molar-refractivity contribution in [3.8, 4) is 0 Å². The second-order valence-corrected chi connectivity index (χ2v) is 3.65. The van der Waals surface area contributed by atoms with E-state index in [1.54, 1.807) is 0 Å². The predicted octanol–water partition coefficient (Wildman–Crippen LogP) is 1.43. The van der Waals surface area contributed by atoms with Gasteiger partial charge in [0.05, 0.1) is 0 Å². The maximum absolute atomic E-state index is 5.53. The molecule has 0 bridgehead atoms. The van der Waals surface area contributed by atoms with Crippen molar-refractivity contribution in [2.45, 2.75) is 30.9 Å². The first-order chi connectivity index (χ1) is 4.33. The van der Waals surface area contributed by atoms with E-state index >= 15 is 0 Å². The van der Waals surface area contributed by atoms with E-state index < -0.39 is 0 Å². The van der Waals surface area contributed by atoms with Crippen molar-refractivity contribution in [3.63, 3.8) is 0 Å². The highest BCUT2D eigenvalue weighted by molar-refractivity contribution is 7.80. The molecule has 0 saturated heterocycles. The number of thiol groups is 1. The standard InChI is InChI=1S/C7H15NS/c8-5-6-2-1-3-7(9)4-6/h6-7,9H,1-5,8H2. The van der Waals surface area contributed by atoms with Gasteiger partial charge in [-0.2, -0.15) is 12.6 Å². The van der Waals surface area contributed by atoms with Crippen LogP contribution in [-0.2, 0) is 0 Å². The second kappa shape index (κ2) is 3.47. The molecule has 2 N–H and O–H groups in total. The molecule has 0 heterocycles. The lowest BCUT2D eigenvalue weighted by Crippen LogP contribution is -2.22. The van der Waals surface area contributed by atoms with Crippen LogP contribution in [0.1, 0.15) is 25.7 Å². The van der Waals surface area contributed by atoms with Crippen LogP contribution in [0.3, 0.4) is 0 Å². The van der Waals surface area contributed by atoms with Crippen LogP contribution in [0.15, 0.2) is 0 Å². The molecule has 0 radical (unpaired) electrons. The van der Waals surface area contributed by atoms with Gasteiger partial charge in [-0.1, -0.05) is 6.42 Å². The number of hydrogen-bond donors (Lipinski definition) is 2. The topological polar surface area (TPSA) is 26.0 Å². The molecular weight excluding hydrogens is 130 g/mol.